The van der Waals surface area contributed by atoms with E-state index in [-0.39, 0.29) is 0 Å². The Balaban J connectivity index is 1.96. The van der Waals surface area contributed by atoms with Gasteiger partial charge in [0, 0.05) is 23.7 Å². The van der Waals surface area contributed by atoms with Crippen LogP contribution in [-0.4, -0.2) is 9.97 Å². The summed E-state index contributed by atoms with van der Waals surface area (Å²) in [5, 5.41) is 0. The SMILES string of the molecule is c1ccc(-c2ccc(-c3ccc[nH]3)cc2)nc1. The number of nitrogens with zero attached hydrogens (tertiary/aromatic N) is 1. The molecule has 3 aromatic rings. The van der Waals surface area contributed by atoms with Crippen molar-refractivity contribution >= 4 is 0 Å². The Morgan fingerprint density at radius 1 is 0.765 bits per heavy atom. The Morgan fingerprint density at radius 3 is 2.24 bits per heavy atom. The normalized spacial score (nSPS) is 10.4. The van der Waals surface area contributed by atoms with Gasteiger partial charge in [0.1, 0.15) is 0 Å². The van der Waals surface area contributed by atoms with E-state index in [4.69, 9.17) is 0 Å². The Kier molecular flexibility index (Phi) is 2.47. The zero-order valence-electron chi connectivity index (χ0n) is 9.30. The number of pyridine rings is 1. The van der Waals surface area contributed by atoms with E-state index < -0.39 is 0 Å². The highest BCUT2D eigenvalue weighted by atomic mass is 14.7. The van der Waals surface area contributed by atoms with E-state index in [0.717, 1.165) is 17.0 Å². The molecule has 0 aliphatic carbocycles. The highest BCUT2D eigenvalue weighted by molar-refractivity contribution is 5.66. The summed E-state index contributed by atoms with van der Waals surface area (Å²) < 4.78 is 0. The highest BCUT2D eigenvalue weighted by Gasteiger charge is 2.00. The predicted octanol–water partition coefficient (Wildman–Crippen LogP) is 3.74. The summed E-state index contributed by atoms with van der Waals surface area (Å²) in [6, 6.07) is 18.4. The first-order valence-corrected chi connectivity index (χ1v) is 5.59. The van der Waals surface area contributed by atoms with Crippen LogP contribution in [0.3, 0.4) is 0 Å². The molecular formula is C15H12N2. The lowest BCUT2D eigenvalue weighted by atomic mass is 10.1. The van der Waals surface area contributed by atoms with Crippen molar-refractivity contribution in [2.45, 2.75) is 0 Å². The van der Waals surface area contributed by atoms with Gasteiger partial charge in [0.05, 0.1) is 5.69 Å². The van der Waals surface area contributed by atoms with Gasteiger partial charge in [-0.05, 0) is 29.8 Å². The van der Waals surface area contributed by atoms with E-state index in [1.54, 1.807) is 0 Å². The molecular weight excluding hydrogens is 208 g/mol. The maximum Gasteiger partial charge on any atom is 0.0701 e. The van der Waals surface area contributed by atoms with Crippen molar-refractivity contribution < 1.29 is 0 Å². The molecule has 0 spiro atoms. The Bertz CT molecular complexity index is 581. The number of hydrogen-bond acceptors (Lipinski definition) is 1. The average molecular weight is 220 g/mol. The maximum atomic E-state index is 4.33. The van der Waals surface area contributed by atoms with Gasteiger partial charge in [-0.2, -0.15) is 0 Å². The van der Waals surface area contributed by atoms with Gasteiger partial charge < -0.3 is 4.98 Å². The maximum absolute atomic E-state index is 4.33. The summed E-state index contributed by atoms with van der Waals surface area (Å²) >= 11 is 0. The second-order valence-electron chi connectivity index (χ2n) is 3.88. The van der Waals surface area contributed by atoms with Gasteiger partial charge in [-0.3, -0.25) is 4.98 Å². The fraction of sp³-hybridized carbons (Fsp3) is 0. The fourth-order valence-electron chi connectivity index (χ4n) is 1.86. The molecule has 0 unspecified atom stereocenters. The smallest absolute Gasteiger partial charge is 0.0701 e. The number of aromatic amines is 1. The zero-order chi connectivity index (χ0) is 11.5. The van der Waals surface area contributed by atoms with Crippen molar-refractivity contribution in [3.63, 3.8) is 0 Å². The summed E-state index contributed by atoms with van der Waals surface area (Å²) in [6.45, 7) is 0. The molecule has 2 heteroatoms. The van der Waals surface area contributed by atoms with Crippen molar-refractivity contribution in [2.24, 2.45) is 0 Å². The average Bonchev–Trinajstić information content (AvgIpc) is 2.94. The summed E-state index contributed by atoms with van der Waals surface area (Å²) in [6.07, 6.45) is 3.75. The summed E-state index contributed by atoms with van der Waals surface area (Å²) in [5.74, 6) is 0. The quantitative estimate of drug-likeness (QED) is 0.700. The second-order valence-corrected chi connectivity index (χ2v) is 3.88. The second kappa shape index (κ2) is 4.26. The number of H-pyrrole nitrogens is 1. The third-order valence-corrected chi connectivity index (χ3v) is 2.75. The van der Waals surface area contributed by atoms with Crippen molar-refractivity contribution in [3.8, 4) is 22.5 Å². The molecule has 2 heterocycles. The number of rotatable bonds is 2. The Labute approximate surface area is 100.0 Å². The monoisotopic (exact) mass is 220 g/mol. The molecule has 2 nitrogen and oxygen atoms in total. The lowest BCUT2D eigenvalue weighted by Crippen LogP contribution is -1.82. The van der Waals surface area contributed by atoms with Crippen LogP contribution in [0.15, 0.2) is 67.0 Å². The first-order valence-electron chi connectivity index (χ1n) is 5.59. The summed E-state index contributed by atoms with van der Waals surface area (Å²) in [4.78, 5) is 7.53. The molecule has 1 N–H and O–H groups in total. The van der Waals surface area contributed by atoms with Crippen LogP contribution in [0.5, 0.6) is 0 Å². The van der Waals surface area contributed by atoms with Gasteiger partial charge in [0.2, 0.25) is 0 Å². The van der Waals surface area contributed by atoms with Crippen LogP contribution >= 0.6 is 0 Å². The van der Waals surface area contributed by atoms with Crippen LogP contribution in [0.25, 0.3) is 22.5 Å². The van der Waals surface area contributed by atoms with Crippen LogP contribution in [0.4, 0.5) is 0 Å². The lowest BCUT2D eigenvalue weighted by Gasteiger charge is -2.02. The molecule has 82 valence electrons. The van der Waals surface area contributed by atoms with Crippen LogP contribution in [0, 0.1) is 0 Å². The molecule has 0 saturated heterocycles. The third kappa shape index (κ3) is 1.97. The largest absolute Gasteiger partial charge is 0.361 e. The van der Waals surface area contributed by atoms with Gasteiger partial charge in [-0.25, -0.2) is 0 Å². The molecule has 0 atom stereocenters. The topological polar surface area (TPSA) is 28.7 Å². The van der Waals surface area contributed by atoms with Gasteiger partial charge in [0.25, 0.3) is 0 Å². The van der Waals surface area contributed by atoms with Crippen molar-refractivity contribution in [1.29, 1.82) is 0 Å². The number of hydrogen-bond donors (Lipinski definition) is 1. The molecule has 0 bridgehead atoms. The van der Waals surface area contributed by atoms with E-state index in [9.17, 15) is 0 Å². The van der Waals surface area contributed by atoms with Crippen LogP contribution in [-0.2, 0) is 0 Å². The fourth-order valence-corrected chi connectivity index (χ4v) is 1.86. The highest BCUT2D eigenvalue weighted by Crippen LogP contribution is 2.22. The Hall–Kier alpha value is -2.35. The molecule has 0 fully saturated rings. The standard InChI is InChI=1S/C15H12N2/c1-2-10-16-14(4-1)12-6-8-13(9-7-12)15-5-3-11-17-15/h1-11,17H. The first-order chi connectivity index (χ1) is 8.43. The van der Waals surface area contributed by atoms with Crippen molar-refractivity contribution in [1.82, 2.24) is 9.97 Å². The van der Waals surface area contributed by atoms with Crippen LogP contribution in [0.2, 0.25) is 0 Å². The molecule has 3 rings (SSSR count). The summed E-state index contributed by atoms with van der Waals surface area (Å²) in [7, 11) is 0. The molecule has 0 saturated carbocycles. The number of nitrogens with one attached hydrogen (secondary N) is 1. The van der Waals surface area contributed by atoms with Crippen molar-refractivity contribution in [3.05, 3.63) is 67.0 Å². The molecule has 2 aromatic heterocycles. The van der Waals surface area contributed by atoms with E-state index >= 15 is 0 Å². The predicted molar refractivity (Wildman–Crippen MR) is 69.5 cm³/mol. The molecule has 0 amide bonds. The molecule has 0 aliphatic heterocycles. The zero-order valence-corrected chi connectivity index (χ0v) is 9.30. The minimum Gasteiger partial charge on any atom is -0.361 e. The van der Waals surface area contributed by atoms with E-state index in [1.807, 2.05) is 36.7 Å². The van der Waals surface area contributed by atoms with E-state index in [0.29, 0.717) is 0 Å². The molecule has 1 aromatic carbocycles. The Morgan fingerprint density at radius 2 is 1.59 bits per heavy atom. The van der Waals surface area contributed by atoms with Gasteiger partial charge in [0.15, 0.2) is 0 Å². The minimum absolute atomic E-state index is 1.01. The van der Waals surface area contributed by atoms with Gasteiger partial charge in [-0.15, -0.1) is 0 Å². The van der Waals surface area contributed by atoms with Crippen LogP contribution in [0.1, 0.15) is 0 Å². The number of aromatic nitrogens is 2. The van der Waals surface area contributed by atoms with E-state index in [2.05, 4.69) is 40.3 Å². The van der Waals surface area contributed by atoms with E-state index in [1.165, 1.54) is 5.56 Å². The summed E-state index contributed by atoms with van der Waals surface area (Å²) in [5.41, 5.74) is 4.47. The number of benzene rings is 1. The van der Waals surface area contributed by atoms with Crippen LogP contribution < -0.4 is 0 Å². The minimum atomic E-state index is 1.01. The van der Waals surface area contributed by atoms with Gasteiger partial charge in [-0.1, -0.05) is 30.3 Å². The molecule has 0 radical (unpaired) electrons. The third-order valence-electron chi connectivity index (χ3n) is 2.75. The molecule has 0 aliphatic rings. The van der Waals surface area contributed by atoms with Gasteiger partial charge >= 0.3 is 0 Å². The first kappa shape index (κ1) is 9.85. The molecule has 17 heavy (non-hydrogen) atoms. The lowest BCUT2D eigenvalue weighted by molar-refractivity contribution is 1.32. The van der Waals surface area contributed by atoms with Crippen molar-refractivity contribution in [2.75, 3.05) is 0 Å².